The van der Waals surface area contributed by atoms with Crippen LogP contribution in [0, 0.1) is 11.8 Å². The van der Waals surface area contributed by atoms with Crippen LogP contribution >= 0.6 is 0 Å². The van der Waals surface area contributed by atoms with Crippen molar-refractivity contribution in [2.45, 2.75) is 37.6 Å². The number of carboxylic acids is 1. The summed E-state index contributed by atoms with van der Waals surface area (Å²) in [6, 6.07) is 9.80. The quantitative estimate of drug-likeness (QED) is 0.876. The van der Waals surface area contributed by atoms with Gasteiger partial charge in [-0.2, -0.15) is 0 Å². The lowest BCUT2D eigenvalue weighted by Crippen LogP contribution is -2.44. The molecule has 0 radical (unpaired) electrons. The predicted molar refractivity (Wildman–Crippen MR) is 84.7 cm³/mol. The topological polar surface area (TPSA) is 60.8 Å². The van der Waals surface area contributed by atoms with E-state index < -0.39 is 5.97 Å². The van der Waals surface area contributed by atoms with Crippen LogP contribution in [0.5, 0.6) is 0 Å². The maximum atomic E-state index is 11.8. The number of benzene rings is 1. The van der Waals surface area contributed by atoms with E-state index in [0.717, 1.165) is 32.2 Å². The highest BCUT2D eigenvalue weighted by Gasteiger charge is 2.42. The van der Waals surface area contributed by atoms with Crippen LogP contribution in [-0.2, 0) is 4.79 Å². The molecule has 1 aliphatic carbocycles. The van der Waals surface area contributed by atoms with Crippen molar-refractivity contribution in [2.75, 3.05) is 19.7 Å². The maximum Gasteiger partial charge on any atom is 0.321 e. The summed E-state index contributed by atoms with van der Waals surface area (Å²) >= 11 is 0. The highest BCUT2D eigenvalue weighted by Crippen LogP contribution is 2.38. The van der Waals surface area contributed by atoms with E-state index in [-0.39, 0.29) is 30.4 Å². The maximum absolute atomic E-state index is 11.8. The van der Waals surface area contributed by atoms with Crippen molar-refractivity contribution in [3.05, 3.63) is 35.9 Å². The third kappa shape index (κ3) is 3.03. The Labute approximate surface area is 131 Å². The number of aliphatic hydroxyl groups is 1. The number of hydrogen-bond acceptors (Lipinski definition) is 3. The summed E-state index contributed by atoms with van der Waals surface area (Å²) in [7, 11) is 0. The lowest BCUT2D eigenvalue weighted by atomic mass is 9.90. The second-order valence-electron chi connectivity index (χ2n) is 6.74. The van der Waals surface area contributed by atoms with Gasteiger partial charge in [0.2, 0.25) is 0 Å². The van der Waals surface area contributed by atoms with Crippen molar-refractivity contribution in [1.82, 2.24) is 4.90 Å². The van der Waals surface area contributed by atoms with Gasteiger partial charge in [-0.3, -0.25) is 9.69 Å². The molecule has 2 aliphatic rings. The van der Waals surface area contributed by atoms with Gasteiger partial charge in [-0.25, -0.2) is 0 Å². The average Bonchev–Trinajstić information content (AvgIpc) is 3.18. The lowest BCUT2D eigenvalue weighted by Gasteiger charge is -2.29. The van der Waals surface area contributed by atoms with E-state index >= 15 is 0 Å². The largest absolute Gasteiger partial charge is 0.480 e. The third-order valence-corrected chi connectivity index (χ3v) is 5.42. The molecule has 4 nitrogen and oxygen atoms in total. The molecular formula is C18H25NO3. The summed E-state index contributed by atoms with van der Waals surface area (Å²) < 4.78 is 0. The van der Waals surface area contributed by atoms with Gasteiger partial charge in [-0.1, -0.05) is 43.2 Å². The van der Waals surface area contributed by atoms with E-state index in [1.54, 1.807) is 0 Å². The number of aliphatic hydroxyl groups excluding tert-OH is 1. The molecular weight excluding hydrogens is 278 g/mol. The Morgan fingerprint density at radius 3 is 2.45 bits per heavy atom. The highest BCUT2D eigenvalue weighted by atomic mass is 16.4. The van der Waals surface area contributed by atoms with E-state index in [2.05, 4.69) is 17.0 Å². The fourth-order valence-electron chi connectivity index (χ4n) is 4.32. The van der Waals surface area contributed by atoms with E-state index in [0.29, 0.717) is 6.54 Å². The number of aliphatic carboxylic acids is 1. The number of carbonyl (C=O) groups is 1. The van der Waals surface area contributed by atoms with E-state index in [4.69, 9.17) is 0 Å². The van der Waals surface area contributed by atoms with Crippen LogP contribution in [0.15, 0.2) is 30.3 Å². The summed E-state index contributed by atoms with van der Waals surface area (Å²) in [6.07, 6.45) is 4.34. The Bertz CT molecular complexity index is 498. The van der Waals surface area contributed by atoms with Gasteiger partial charge in [0.1, 0.15) is 6.04 Å². The van der Waals surface area contributed by atoms with Gasteiger partial charge in [0.05, 0.1) is 0 Å². The van der Waals surface area contributed by atoms with Gasteiger partial charge in [0, 0.05) is 31.5 Å². The summed E-state index contributed by atoms with van der Waals surface area (Å²) in [5.74, 6) is -0.0660. The van der Waals surface area contributed by atoms with Crippen LogP contribution in [0.1, 0.15) is 37.2 Å². The molecule has 0 spiro atoms. The SMILES string of the molecule is O=C(O)C(C1CCCC1)N1CC(CO)C(c2ccccc2)C1. The summed E-state index contributed by atoms with van der Waals surface area (Å²) in [4.78, 5) is 13.9. The third-order valence-electron chi connectivity index (χ3n) is 5.42. The van der Waals surface area contributed by atoms with Gasteiger partial charge in [0.15, 0.2) is 0 Å². The van der Waals surface area contributed by atoms with Crippen LogP contribution in [0.2, 0.25) is 0 Å². The van der Waals surface area contributed by atoms with Crippen molar-refractivity contribution in [3.8, 4) is 0 Å². The zero-order valence-electron chi connectivity index (χ0n) is 12.9. The van der Waals surface area contributed by atoms with Gasteiger partial charge < -0.3 is 10.2 Å². The average molecular weight is 303 g/mol. The molecule has 1 aromatic rings. The fourth-order valence-corrected chi connectivity index (χ4v) is 4.32. The van der Waals surface area contributed by atoms with Crippen LogP contribution < -0.4 is 0 Å². The van der Waals surface area contributed by atoms with Gasteiger partial charge in [-0.05, 0) is 24.3 Å². The summed E-state index contributed by atoms with van der Waals surface area (Å²) in [5.41, 5.74) is 1.21. The van der Waals surface area contributed by atoms with Crippen molar-refractivity contribution in [1.29, 1.82) is 0 Å². The Kier molecular flexibility index (Phi) is 4.79. The van der Waals surface area contributed by atoms with Crippen LogP contribution in [-0.4, -0.2) is 46.8 Å². The minimum absolute atomic E-state index is 0.118. The molecule has 0 bridgehead atoms. The molecule has 4 heteroatoms. The molecule has 1 saturated heterocycles. The molecule has 1 aromatic carbocycles. The van der Waals surface area contributed by atoms with Gasteiger partial charge >= 0.3 is 5.97 Å². The second kappa shape index (κ2) is 6.80. The number of nitrogens with zero attached hydrogens (tertiary/aromatic N) is 1. The standard InChI is InChI=1S/C18H25NO3/c20-12-15-10-19(11-16(15)13-6-2-1-3-7-13)17(18(21)22)14-8-4-5-9-14/h1-3,6-7,14-17,20H,4-5,8-12H2,(H,21,22). The molecule has 2 fully saturated rings. The van der Waals surface area contributed by atoms with Gasteiger partial charge in [0.25, 0.3) is 0 Å². The monoisotopic (exact) mass is 303 g/mol. The van der Waals surface area contributed by atoms with Gasteiger partial charge in [-0.15, -0.1) is 0 Å². The zero-order chi connectivity index (χ0) is 15.5. The highest BCUT2D eigenvalue weighted by molar-refractivity contribution is 5.74. The molecule has 22 heavy (non-hydrogen) atoms. The number of hydrogen-bond donors (Lipinski definition) is 2. The minimum atomic E-state index is -0.697. The van der Waals surface area contributed by atoms with Crippen LogP contribution in [0.25, 0.3) is 0 Å². The Balaban J connectivity index is 1.79. The molecule has 3 unspecified atom stereocenters. The molecule has 3 rings (SSSR count). The second-order valence-corrected chi connectivity index (χ2v) is 6.74. The van der Waals surface area contributed by atoms with Crippen molar-refractivity contribution in [2.24, 2.45) is 11.8 Å². The first-order valence-corrected chi connectivity index (χ1v) is 8.33. The predicted octanol–water partition coefficient (Wildman–Crippen LogP) is 2.34. The van der Waals surface area contributed by atoms with Crippen LogP contribution in [0.3, 0.4) is 0 Å². The number of rotatable bonds is 5. The summed E-state index contributed by atoms with van der Waals surface area (Å²) in [6.45, 7) is 1.54. The fraction of sp³-hybridized carbons (Fsp3) is 0.611. The molecule has 3 atom stereocenters. The van der Waals surface area contributed by atoms with E-state index in [1.165, 1.54) is 5.56 Å². The van der Waals surface area contributed by atoms with E-state index in [1.807, 2.05) is 18.2 Å². The normalized spacial score (nSPS) is 28.0. The molecule has 0 aromatic heterocycles. The van der Waals surface area contributed by atoms with Crippen LogP contribution in [0.4, 0.5) is 0 Å². The Morgan fingerprint density at radius 1 is 1.18 bits per heavy atom. The first kappa shape index (κ1) is 15.5. The Hall–Kier alpha value is -1.39. The van der Waals surface area contributed by atoms with Crippen molar-refractivity contribution in [3.63, 3.8) is 0 Å². The van der Waals surface area contributed by atoms with Crippen molar-refractivity contribution >= 4 is 5.97 Å². The number of carboxylic acid groups (broad SMARTS) is 1. The molecule has 1 saturated carbocycles. The summed E-state index contributed by atoms with van der Waals surface area (Å²) in [5, 5.41) is 19.4. The van der Waals surface area contributed by atoms with Crippen molar-refractivity contribution < 1.29 is 15.0 Å². The minimum Gasteiger partial charge on any atom is -0.480 e. The molecule has 1 heterocycles. The molecule has 0 amide bonds. The zero-order valence-corrected chi connectivity index (χ0v) is 12.9. The molecule has 2 N–H and O–H groups in total. The first-order chi connectivity index (χ1) is 10.7. The number of likely N-dealkylation sites (tertiary alicyclic amines) is 1. The molecule has 1 aliphatic heterocycles. The molecule has 120 valence electrons. The lowest BCUT2D eigenvalue weighted by molar-refractivity contribution is -0.145. The smallest absolute Gasteiger partial charge is 0.321 e. The first-order valence-electron chi connectivity index (χ1n) is 8.33. The van der Waals surface area contributed by atoms with E-state index in [9.17, 15) is 15.0 Å². The Morgan fingerprint density at radius 2 is 1.86 bits per heavy atom.